The molecule has 1 amide bonds. The Morgan fingerprint density at radius 1 is 0.964 bits per heavy atom. The van der Waals surface area contributed by atoms with Crippen molar-refractivity contribution >= 4 is 15.7 Å². The summed E-state index contributed by atoms with van der Waals surface area (Å²) in [5.74, 6) is -0.364. The molecule has 144 valence electrons. The number of sulfone groups is 1. The molecule has 1 aliphatic heterocycles. The van der Waals surface area contributed by atoms with Gasteiger partial charge in [-0.2, -0.15) is 9.90 Å². The average Bonchev–Trinajstić information content (AvgIpc) is 3.15. The van der Waals surface area contributed by atoms with Gasteiger partial charge in [0.2, 0.25) is 0 Å². The van der Waals surface area contributed by atoms with Gasteiger partial charge in [0.25, 0.3) is 5.91 Å². The molecule has 1 fully saturated rings. The van der Waals surface area contributed by atoms with Crippen LogP contribution in [0.2, 0.25) is 0 Å². The topological polar surface area (TPSA) is 85.2 Å². The lowest BCUT2D eigenvalue weighted by molar-refractivity contribution is 0.0760. The zero-order valence-corrected chi connectivity index (χ0v) is 16.0. The second-order valence-electron chi connectivity index (χ2n) is 6.70. The smallest absolute Gasteiger partial charge is 0.276 e. The van der Waals surface area contributed by atoms with Crippen LogP contribution in [0.25, 0.3) is 5.69 Å². The highest BCUT2D eigenvalue weighted by Crippen LogP contribution is 2.29. The van der Waals surface area contributed by atoms with Gasteiger partial charge in [-0.25, -0.2) is 8.42 Å². The fourth-order valence-electron chi connectivity index (χ4n) is 3.40. The molecule has 0 spiro atoms. The standard InChI is InChI=1S/C20H20N4O3S/c25-20(18-15-21-24(22-18)17-9-5-2-6-10-17)23-12-11-19(28(26,27)14-13-23)16-7-3-1-4-8-16/h1-10,15,19H,11-14H2. The van der Waals surface area contributed by atoms with E-state index in [-0.39, 0.29) is 23.9 Å². The first-order valence-corrected chi connectivity index (χ1v) is 10.8. The molecule has 1 unspecified atom stereocenters. The zero-order valence-electron chi connectivity index (χ0n) is 15.2. The van der Waals surface area contributed by atoms with Crippen LogP contribution in [0, 0.1) is 0 Å². The van der Waals surface area contributed by atoms with Gasteiger partial charge in [-0.3, -0.25) is 4.79 Å². The van der Waals surface area contributed by atoms with Crippen LogP contribution in [0.4, 0.5) is 0 Å². The van der Waals surface area contributed by atoms with E-state index in [9.17, 15) is 13.2 Å². The molecule has 3 aromatic rings. The number of nitrogens with zero attached hydrogens (tertiary/aromatic N) is 4. The Labute approximate surface area is 163 Å². The quantitative estimate of drug-likeness (QED) is 0.678. The summed E-state index contributed by atoms with van der Waals surface area (Å²) in [6, 6.07) is 18.5. The van der Waals surface area contributed by atoms with Gasteiger partial charge in [0.15, 0.2) is 15.5 Å². The van der Waals surface area contributed by atoms with Crippen molar-refractivity contribution in [3.8, 4) is 5.69 Å². The molecule has 1 aromatic heterocycles. The Hall–Kier alpha value is -3.00. The van der Waals surface area contributed by atoms with Gasteiger partial charge in [0, 0.05) is 13.1 Å². The average molecular weight is 396 g/mol. The molecule has 2 aromatic carbocycles. The molecular formula is C20H20N4O3S. The largest absolute Gasteiger partial charge is 0.336 e. The number of amides is 1. The van der Waals surface area contributed by atoms with Crippen molar-refractivity contribution in [2.24, 2.45) is 0 Å². The summed E-state index contributed by atoms with van der Waals surface area (Å²) in [6.07, 6.45) is 1.79. The molecule has 2 heterocycles. The first-order valence-electron chi connectivity index (χ1n) is 9.08. The monoisotopic (exact) mass is 396 g/mol. The number of benzene rings is 2. The maximum Gasteiger partial charge on any atom is 0.276 e. The predicted molar refractivity (Wildman–Crippen MR) is 105 cm³/mol. The summed E-state index contributed by atoms with van der Waals surface area (Å²) in [5, 5.41) is 7.83. The molecule has 0 bridgehead atoms. The van der Waals surface area contributed by atoms with Gasteiger partial charge in [-0.1, -0.05) is 48.5 Å². The second-order valence-corrected chi connectivity index (χ2v) is 9.00. The van der Waals surface area contributed by atoms with Crippen LogP contribution in [0.15, 0.2) is 66.9 Å². The lowest BCUT2D eigenvalue weighted by Crippen LogP contribution is -2.34. The molecule has 1 saturated heterocycles. The molecule has 7 nitrogen and oxygen atoms in total. The molecule has 0 aliphatic carbocycles. The molecule has 0 saturated carbocycles. The van der Waals surface area contributed by atoms with Crippen LogP contribution in [0.1, 0.15) is 27.7 Å². The van der Waals surface area contributed by atoms with E-state index in [1.807, 2.05) is 60.7 Å². The van der Waals surface area contributed by atoms with Crippen LogP contribution >= 0.6 is 0 Å². The molecule has 0 radical (unpaired) electrons. The Kier molecular flexibility index (Phi) is 4.95. The normalized spacial score (nSPS) is 19.1. The lowest BCUT2D eigenvalue weighted by Gasteiger charge is -2.18. The first kappa shape index (κ1) is 18.4. The van der Waals surface area contributed by atoms with Crippen molar-refractivity contribution in [2.45, 2.75) is 11.7 Å². The van der Waals surface area contributed by atoms with E-state index in [1.54, 1.807) is 4.90 Å². The molecule has 28 heavy (non-hydrogen) atoms. The fraction of sp³-hybridized carbons (Fsp3) is 0.250. The van der Waals surface area contributed by atoms with Crippen LogP contribution in [0.3, 0.4) is 0 Å². The number of carbonyl (C=O) groups excluding carboxylic acids is 1. The third-order valence-corrected chi connectivity index (χ3v) is 7.02. The molecule has 1 aliphatic rings. The van der Waals surface area contributed by atoms with Gasteiger partial charge >= 0.3 is 0 Å². The predicted octanol–water partition coefficient (Wildman–Crippen LogP) is 2.27. The van der Waals surface area contributed by atoms with Gasteiger partial charge in [0.1, 0.15) is 0 Å². The maximum absolute atomic E-state index is 12.9. The summed E-state index contributed by atoms with van der Waals surface area (Å²) < 4.78 is 25.5. The second kappa shape index (κ2) is 7.55. The maximum atomic E-state index is 12.9. The minimum atomic E-state index is -3.33. The highest BCUT2D eigenvalue weighted by molar-refractivity contribution is 7.91. The number of aromatic nitrogens is 3. The van der Waals surface area contributed by atoms with E-state index in [4.69, 9.17) is 0 Å². The summed E-state index contributed by atoms with van der Waals surface area (Å²) >= 11 is 0. The molecule has 0 N–H and O–H groups in total. The third-order valence-electron chi connectivity index (χ3n) is 4.90. The number of para-hydroxylation sites is 1. The highest BCUT2D eigenvalue weighted by Gasteiger charge is 2.33. The minimum absolute atomic E-state index is 0.0644. The van der Waals surface area contributed by atoms with Gasteiger partial charge in [-0.15, -0.1) is 5.10 Å². The van der Waals surface area contributed by atoms with E-state index in [2.05, 4.69) is 10.2 Å². The van der Waals surface area contributed by atoms with Crippen molar-refractivity contribution in [2.75, 3.05) is 18.8 Å². The third kappa shape index (κ3) is 3.68. The van der Waals surface area contributed by atoms with E-state index in [0.29, 0.717) is 13.0 Å². The summed E-state index contributed by atoms with van der Waals surface area (Å²) in [4.78, 5) is 15.8. The summed E-state index contributed by atoms with van der Waals surface area (Å²) in [5.41, 5.74) is 1.73. The number of hydrogen-bond donors (Lipinski definition) is 0. The van der Waals surface area contributed by atoms with Crippen LogP contribution in [-0.2, 0) is 9.84 Å². The van der Waals surface area contributed by atoms with Crippen molar-refractivity contribution in [3.63, 3.8) is 0 Å². The van der Waals surface area contributed by atoms with Crippen molar-refractivity contribution in [3.05, 3.63) is 78.1 Å². The minimum Gasteiger partial charge on any atom is -0.336 e. The van der Waals surface area contributed by atoms with E-state index in [0.717, 1.165) is 11.3 Å². The first-order chi connectivity index (χ1) is 13.5. The van der Waals surface area contributed by atoms with Gasteiger partial charge in [-0.05, 0) is 24.1 Å². The highest BCUT2D eigenvalue weighted by atomic mass is 32.2. The van der Waals surface area contributed by atoms with Crippen molar-refractivity contribution < 1.29 is 13.2 Å². The number of hydrogen-bond acceptors (Lipinski definition) is 5. The lowest BCUT2D eigenvalue weighted by atomic mass is 10.1. The molecular weight excluding hydrogens is 376 g/mol. The van der Waals surface area contributed by atoms with Crippen LogP contribution < -0.4 is 0 Å². The Balaban J connectivity index is 1.53. The molecule has 8 heteroatoms. The van der Waals surface area contributed by atoms with Gasteiger partial charge in [0.05, 0.1) is 22.9 Å². The van der Waals surface area contributed by atoms with E-state index < -0.39 is 15.1 Å². The van der Waals surface area contributed by atoms with E-state index in [1.165, 1.54) is 11.0 Å². The molecule has 4 rings (SSSR count). The van der Waals surface area contributed by atoms with Crippen LogP contribution in [-0.4, -0.2) is 53.1 Å². The van der Waals surface area contributed by atoms with Gasteiger partial charge < -0.3 is 4.90 Å². The SMILES string of the molecule is O=C(c1cnn(-c2ccccc2)n1)N1CCC(c2ccccc2)S(=O)(=O)CC1. The number of rotatable bonds is 3. The Morgan fingerprint density at radius 3 is 2.36 bits per heavy atom. The van der Waals surface area contributed by atoms with Crippen molar-refractivity contribution in [1.82, 2.24) is 19.9 Å². The van der Waals surface area contributed by atoms with E-state index >= 15 is 0 Å². The zero-order chi connectivity index (χ0) is 19.6. The summed E-state index contributed by atoms with van der Waals surface area (Å²) in [6.45, 7) is 0.512. The van der Waals surface area contributed by atoms with Crippen LogP contribution in [0.5, 0.6) is 0 Å². The van der Waals surface area contributed by atoms with Crippen molar-refractivity contribution in [1.29, 1.82) is 0 Å². The summed E-state index contributed by atoms with van der Waals surface area (Å²) in [7, 11) is -3.33. The Morgan fingerprint density at radius 2 is 1.64 bits per heavy atom. The fourth-order valence-corrected chi connectivity index (χ4v) is 5.19. The molecule has 1 atom stereocenters. The Bertz CT molecular complexity index is 1070. The number of carbonyl (C=O) groups is 1.